The fraction of sp³-hybridized carbons (Fsp3) is 0.304. The van der Waals surface area contributed by atoms with Crippen molar-refractivity contribution in [1.82, 2.24) is 10.3 Å². The Hall–Kier alpha value is -3.06. The van der Waals surface area contributed by atoms with Gasteiger partial charge in [-0.15, -0.1) is 0 Å². The van der Waals surface area contributed by atoms with Crippen LogP contribution in [0.4, 0.5) is 13.6 Å². The van der Waals surface area contributed by atoms with Crippen molar-refractivity contribution in [1.29, 1.82) is 0 Å². The molecule has 2 aromatic carbocycles. The summed E-state index contributed by atoms with van der Waals surface area (Å²) in [6.45, 7) is 6.74. The summed E-state index contributed by atoms with van der Waals surface area (Å²) in [5, 5.41) is 14.7. The zero-order chi connectivity index (χ0) is 22.1. The maximum Gasteiger partial charge on any atom is 0.408 e. The molecule has 0 fully saturated rings. The third kappa shape index (κ3) is 4.74. The molecule has 3 rings (SSSR count). The number of ether oxygens (including phenoxy) is 1. The Kier molecular flexibility index (Phi) is 6.03. The molecule has 0 spiro atoms. The number of nitrogens with one attached hydrogen (secondary N) is 1. The van der Waals surface area contributed by atoms with E-state index in [4.69, 9.17) is 4.74 Å². The predicted molar refractivity (Wildman–Crippen MR) is 110 cm³/mol. The number of rotatable bonds is 4. The molecule has 0 aliphatic heterocycles. The molecule has 0 saturated carbocycles. The lowest BCUT2D eigenvalue weighted by Crippen LogP contribution is -2.34. The van der Waals surface area contributed by atoms with Crippen LogP contribution in [0.25, 0.3) is 10.8 Å². The fourth-order valence-electron chi connectivity index (χ4n) is 3.22. The van der Waals surface area contributed by atoms with Gasteiger partial charge in [-0.1, -0.05) is 18.2 Å². The number of pyridine rings is 1. The smallest absolute Gasteiger partial charge is 0.408 e. The molecule has 2 atom stereocenters. The van der Waals surface area contributed by atoms with Gasteiger partial charge in [0.15, 0.2) is 0 Å². The summed E-state index contributed by atoms with van der Waals surface area (Å²) in [5.41, 5.74) is -0.552. The third-order valence-electron chi connectivity index (χ3n) is 4.62. The zero-order valence-corrected chi connectivity index (χ0v) is 17.2. The Balaban J connectivity index is 1.90. The molecule has 0 bridgehead atoms. The van der Waals surface area contributed by atoms with E-state index in [2.05, 4.69) is 10.3 Å². The maximum atomic E-state index is 14.9. The van der Waals surface area contributed by atoms with Crippen molar-refractivity contribution in [3.05, 3.63) is 77.1 Å². The number of amides is 1. The van der Waals surface area contributed by atoms with Crippen LogP contribution in [-0.4, -0.2) is 21.8 Å². The minimum atomic E-state index is -1.50. The normalized spacial score (nSPS) is 13.7. The van der Waals surface area contributed by atoms with Crippen LogP contribution in [0, 0.1) is 11.6 Å². The highest BCUT2D eigenvalue weighted by Gasteiger charge is 2.24. The molecule has 158 valence electrons. The van der Waals surface area contributed by atoms with Crippen molar-refractivity contribution in [2.75, 3.05) is 0 Å². The first-order valence-corrected chi connectivity index (χ1v) is 9.56. The summed E-state index contributed by atoms with van der Waals surface area (Å²) in [6.07, 6.45) is 0.979. The Morgan fingerprint density at radius 2 is 1.83 bits per heavy atom. The summed E-state index contributed by atoms with van der Waals surface area (Å²) in [6, 6.07) is 8.32. The summed E-state index contributed by atoms with van der Waals surface area (Å²) >= 11 is 0. The lowest BCUT2D eigenvalue weighted by atomic mass is 9.94. The van der Waals surface area contributed by atoms with Gasteiger partial charge in [-0.3, -0.25) is 4.98 Å². The second kappa shape index (κ2) is 8.36. The Bertz CT molecular complexity index is 1050. The molecule has 1 aromatic heterocycles. The van der Waals surface area contributed by atoms with E-state index in [1.807, 2.05) is 0 Å². The largest absolute Gasteiger partial charge is 0.444 e. The highest BCUT2D eigenvalue weighted by atomic mass is 19.1. The molecule has 0 aliphatic carbocycles. The summed E-state index contributed by atoms with van der Waals surface area (Å²) < 4.78 is 34.9. The number of hydrogen-bond donors (Lipinski definition) is 2. The Labute approximate surface area is 173 Å². The number of aromatic nitrogens is 1. The van der Waals surface area contributed by atoms with Crippen molar-refractivity contribution in [2.24, 2.45) is 0 Å². The highest BCUT2D eigenvalue weighted by Crippen LogP contribution is 2.33. The molecule has 0 saturated heterocycles. The van der Waals surface area contributed by atoms with Crippen molar-refractivity contribution in [3.8, 4) is 0 Å². The van der Waals surface area contributed by atoms with Crippen molar-refractivity contribution in [3.63, 3.8) is 0 Å². The topological polar surface area (TPSA) is 71.5 Å². The average molecular weight is 414 g/mol. The standard InChI is InChI=1S/C23H24F2N2O3/c1-13(27-22(29)30-23(2,3)4)15-10-18(24)20(19(25)11-15)21(28)17-7-5-6-14-12-26-9-8-16(14)17/h5-13,21,28H,1-4H3,(H,27,29)/t13-,21?/m0/s1. The molecule has 30 heavy (non-hydrogen) atoms. The molecule has 1 unspecified atom stereocenters. The molecule has 2 N–H and O–H groups in total. The first-order valence-electron chi connectivity index (χ1n) is 9.56. The van der Waals surface area contributed by atoms with Gasteiger partial charge in [-0.05, 0) is 62.4 Å². The van der Waals surface area contributed by atoms with Crippen LogP contribution in [0.2, 0.25) is 0 Å². The summed E-state index contributed by atoms with van der Waals surface area (Å²) in [5.74, 6) is -1.80. The van der Waals surface area contributed by atoms with E-state index in [0.717, 1.165) is 17.5 Å². The number of aliphatic hydroxyl groups is 1. The Morgan fingerprint density at radius 3 is 2.47 bits per heavy atom. The van der Waals surface area contributed by atoms with Crippen molar-refractivity contribution in [2.45, 2.75) is 45.4 Å². The van der Waals surface area contributed by atoms with Crippen molar-refractivity contribution < 1.29 is 23.4 Å². The van der Waals surface area contributed by atoms with Gasteiger partial charge in [0.2, 0.25) is 0 Å². The molecule has 5 nitrogen and oxygen atoms in total. The van der Waals surface area contributed by atoms with Crippen LogP contribution >= 0.6 is 0 Å². The number of hydrogen-bond acceptors (Lipinski definition) is 4. The lowest BCUT2D eigenvalue weighted by molar-refractivity contribution is 0.0507. The minimum absolute atomic E-state index is 0.217. The van der Waals surface area contributed by atoms with E-state index >= 15 is 0 Å². The molecular weight excluding hydrogens is 390 g/mol. The first kappa shape index (κ1) is 21.6. The molecule has 0 radical (unpaired) electrons. The van der Waals surface area contributed by atoms with E-state index in [-0.39, 0.29) is 5.56 Å². The summed E-state index contributed by atoms with van der Waals surface area (Å²) in [4.78, 5) is 16.0. The quantitative estimate of drug-likeness (QED) is 0.617. The van der Waals surface area contributed by atoms with E-state index < -0.39 is 41.0 Å². The average Bonchev–Trinajstić information content (AvgIpc) is 2.65. The van der Waals surface area contributed by atoms with E-state index in [1.165, 1.54) is 0 Å². The van der Waals surface area contributed by atoms with Gasteiger partial charge in [-0.25, -0.2) is 13.6 Å². The Morgan fingerprint density at radius 1 is 1.17 bits per heavy atom. The number of alkyl carbamates (subject to hydrolysis) is 1. The zero-order valence-electron chi connectivity index (χ0n) is 17.2. The number of aliphatic hydroxyl groups excluding tert-OH is 1. The monoisotopic (exact) mass is 414 g/mol. The van der Waals surface area contributed by atoms with Crippen LogP contribution in [0.5, 0.6) is 0 Å². The van der Waals surface area contributed by atoms with E-state index in [1.54, 1.807) is 64.4 Å². The van der Waals surface area contributed by atoms with Crippen LogP contribution in [-0.2, 0) is 4.74 Å². The minimum Gasteiger partial charge on any atom is -0.444 e. The molecular formula is C23H24F2N2O3. The highest BCUT2D eigenvalue weighted by molar-refractivity contribution is 5.85. The van der Waals surface area contributed by atoms with Gasteiger partial charge in [0.25, 0.3) is 0 Å². The van der Waals surface area contributed by atoms with Gasteiger partial charge in [-0.2, -0.15) is 0 Å². The SMILES string of the molecule is C[C@H](NC(=O)OC(C)(C)C)c1cc(F)c(C(O)c2cccc3cnccc23)c(F)c1. The molecule has 1 amide bonds. The molecule has 1 heterocycles. The number of carbonyl (C=O) groups is 1. The van der Waals surface area contributed by atoms with Gasteiger partial charge < -0.3 is 15.2 Å². The van der Waals surface area contributed by atoms with Gasteiger partial charge >= 0.3 is 6.09 Å². The number of benzene rings is 2. The maximum absolute atomic E-state index is 14.9. The lowest BCUT2D eigenvalue weighted by Gasteiger charge is -2.23. The number of fused-ring (bicyclic) bond motifs is 1. The first-order chi connectivity index (χ1) is 14.1. The second-order valence-electron chi connectivity index (χ2n) is 8.11. The number of carbonyl (C=O) groups excluding carboxylic acids is 1. The van der Waals surface area contributed by atoms with Gasteiger partial charge in [0.05, 0.1) is 11.6 Å². The number of halogens is 2. The van der Waals surface area contributed by atoms with Crippen LogP contribution in [0.1, 0.15) is 56.5 Å². The molecule has 0 aliphatic rings. The van der Waals surface area contributed by atoms with E-state index in [0.29, 0.717) is 10.9 Å². The third-order valence-corrected chi connectivity index (χ3v) is 4.62. The molecule has 3 aromatic rings. The summed E-state index contributed by atoms with van der Waals surface area (Å²) in [7, 11) is 0. The van der Waals surface area contributed by atoms with Crippen LogP contribution in [0.3, 0.4) is 0 Å². The fourth-order valence-corrected chi connectivity index (χ4v) is 3.22. The number of nitrogens with zero attached hydrogens (tertiary/aromatic N) is 1. The van der Waals surface area contributed by atoms with Crippen LogP contribution in [0.15, 0.2) is 48.8 Å². The van der Waals surface area contributed by atoms with Crippen molar-refractivity contribution >= 4 is 16.9 Å². The van der Waals surface area contributed by atoms with E-state index in [9.17, 15) is 18.7 Å². The van der Waals surface area contributed by atoms with Gasteiger partial charge in [0, 0.05) is 17.8 Å². The van der Waals surface area contributed by atoms with Crippen LogP contribution < -0.4 is 5.32 Å². The predicted octanol–water partition coefficient (Wildman–Crippen LogP) is 5.18. The molecule has 7 heteroatoms. The van der Waals surface area contributed by atoms with Gasteiger partial charge in [0.1, 0.15) is 23.3 Å². The second-order valence-corrected chi connectivity index (χ2v) is 8.11.